The number of carbonyl (C=O) groups excluding carboxylic acids is 1. The van der Waals surface area contributed by atoms with Crippen molar-refractivity contribution in [2.45, 2.75) is 44.9 Å². The van der Waals surface area contributed by atoms with Crippen molar-refractivity contribution in [1.82, 2.24) is 14.9 Å². The Hall–Kier alpha value is -3.70. The van der Waals surface area contributed by atoms with Crippen molar-refractivity contribution in [3.8, 4) is 16.8 Å². The van der Waals surface area contributed by atoms with E-state index in [-0.39, 0.29) is 18.1 Å². The molecule has 1 aliphatic carbocycles. The van der Waals surface area contributed by atoms with Gasteiger partial charge in [-0.05, 0) is 60.6 Å². The van der Waals surface area contributed by atoms with Crippen LogP contribution in [0.25, 0.3) is 16.8 Å². The highest BCUT2D eigenvalue weighted by atomic mass is 16.5. The lowest BCUT2D eigenvalue weighted by atomic mass is 10.0. The molecular formula is C29H29N3O2. The van der Waals surface area contributed by atoms with Crippen LogP contribution in [-0.2, 0) is 11.3 Å². The van der Waals surface area contributed by atoms with Gasteiger partial charge in [0.2, 0.25) is 0 Å². The van der Waals surface area contributed by atoms with Crippen molar-refractivity contribution in [1.29, 1.82) is 0 Å². The van der Waals surface area contributed by atoms with Gasteiger partial charge in [-0.1, -0.05) is 66.7 Å². The molecule has 1 amide bonds. The Morgan fingerprint density at radius 2 is 1.76 bits per heavy atom. The fourth-order valence-corrected chi connectivity index (χ4v) is 4.68. The maximum Gasteiger partial charge on any atom is 0.270 e. The highest BCUT2D eigenvalue weighted by molar-refractivity contribution is 5.93. The molecule has 0 spiro atoms. The summed E-state index contributed by atoms with van der Waals surface area (Å²) in [5.74, 6) is -0.124. The second kappa shape index (κ2) is 10.1. The van der Waals surface area contributed by atoms with Gasteiger partial charge in [-0.2, -0.15) is 0 Å². The second-order valence-electron chi connectivity index (χ2n) is 8.86. The average Bonchev–Trinajstić information content (AvgIpc) is 3.54. The normalized spacial score (nSPS) is 17.6. The molecule has 172 valence electrons. The number of carbonyl (C=O) groups is 1. The molecule has 3 aromatic carbocycles. The van der Waals surface area contributed by atoms with Crippen LogP contribution in [0.4, 0.5) is 0 Å². The third kappa shape index (κ3) is 4.80. The lowest BCUT2D eigenvalue weighted by Crippen LogP contribution is -2.41. The van der Waals surface area contributed by atoms with Crippen molar-refractivity contribution in [2.75, 3.05) is 0 Å². The monoisotopic (exact) mass is 451 g/mol. The van der Waals surface area contributed by atoms with E-state index in [2.05, 4.69) is 59.7 Å². The fourth-order valence-electron chi connectivity index (χ4n) is 4.68. The molecule has 2 atom stereocenters. The van der Waals surface area contributed by atoms with Crippen molar-refractivity contribution in [3.05, 3.63) is 108 Å². The van der Waals surface area contributed by atoms with E-state index in [0.29, 0.717) is 12.3 Å². The Kier molecular flexibility index (Phi) is 6.54. The number of nitrogens with one attached hydrogen (secondary N) is 1. The molecule has 1 aliphatic rings. The summed E-state index contributed by atoms with van der Waals surface area (Å²) in [6.45, 7) is 2.67. The zero-order valence-corrected chi connectivity index (χ0v) is 19.4. The number of nitrogens with zero attached hydrogens (tertiary/aromatic N) is 2. The van der Waals surface area contributed by atoms with Crippen LogP contribution < -0.4 is 5.32 Å². The Bertz CT molecular complexity index is 1250. The first-order chi connectivity index (χ1) is 16.7. The lowest BCUT2D eigenvalue weighted by molar-refractivity contribution is 0.0271. The smallest absolute Gasteiger partial charge is 0.270 e. The Balaban J connectivity index is 1.27. The van der Waals surface area contributed by atoms with Crippen LogP contribution in [0.3, 0.4) is 0 Å². The molecule has 0 saturated heterocycles. The molecule has 1 fully saturated rings. The number of hydrogen-bond acceptors (Lipinski definition) is 3. The van der Waals surface area contributed by atoms with Crippen LogP contribution in [0.2, 0.25) is 0 Å². The van der Waals surface area contributed by atoms with Crippen LogP contribution in [0.1, 0.15) is 40.9 Å². The minimum atomic E-state index is -0.124. The molecule has 1 saturated carbocycles. The van der Waals surface area contributed by atoms with E-state index in [1.54, 1.807) is 12.5 Å². The van der Waals surface area contributed by atoms with E-state index in [9.17, 15) is 4.79 Å². The molecule has 1 heterocycles. The van der Waals surface area contributed by atoms with E-state index >= 15 is 0 Å². The van der Waals surface area contributed by atoms with Crippen molar-refractivity contribution >= 4 is 5.91 Å². The summed E-state index contributed by atoms with van der Waals surface area (Å²) in [6, 6.07) is 26.7. The molecule has 0 radical (unpaired) electrons. The molecular weight excluding hydrogens is 422 g/mol. The summed E-state index contributed by atoms with van der Waals surface area (Å²) in [5, 5.41) is 3.20. The Morgan fingerprint density at radius 3 is 2.56 bits per heavy atom. The molecule has 0 aliphatic heterocycles. The van der Waals surface area contributed by atoms with E-state index < -0.39 is 0 Å². The number of ether oxygens (including phenoxy) is 1. The van der Waals surface area contributed by atoms with Gasteiger partial charge in [-0.25, -0.2) is 4.98 Å². The standard InChI is InChI=1S/C29H29N3O2/c1-21-8-5-6-11-25(21)23-14-16-24(17-15-23)32-20-30-18-27(32)29(33)31-26-12-7-13-28(26)34-19-22-9-3-2-4-10-22/h2-6,8-11,14-18,20,26,28H,7,12-13,19H2,1H3,(H,31,33)/t26-,28+/m0/s1. The summed E-state index contributed by atoms with van der Waals surface area (Å²) in [5.41, 5.74) is 6.17. The van der Waals surface area contributed by atoms with Crippen LogP contribution in [0.5, 0.6) is 0 Å². The van der Waals surface area contributed by atoms with Crippen molar-refractivity contribution < 1.29 is 9.53 Å². The van der Waals surface area contributed by atoms with Crippen LogP contribution >= 0.6 is 0 Å². The quantitative estimate of drug-likeness (QED) is 0.391. The van der Waals surface area contributed by atoms with Gasteiger partial charge in [-0.15, -0.1) is 0 Å². The first-order valence-corrected chi connectivity index (χ1v) is 11.8. The third-order valence-electron chi connectivity index (χ3n) is 6.55. The van der Waals surface area contributed by atoms with Gasteiger partial charge in [0.1, 0.15) is 5.69 Å². The number of hydrogen-bond donors (Lipinski definition) is 1. The van der Waals surface area contributed by atoms with Crippen LogP contribution in [-0.4, -0.2) is 27.6 Å². The second-order valence-corrected chi connectivity index (χ2v) is 8.86. The highest BCUT2D eigenvalue weighted by Gasteiger charge is 2.30. The van der Waals surface area contributed by atoms with Crippen LogP contribution in [0, 0.1) is 6.92 Å². The number of imidazole rings is 1. The van der Waals surface area contributed by atoms with E-state index in [0.717, 1.165) is 36.1 Å². The maximum absolute atomic E-state index is 13.2. The number of amides is 1. The maximum atomic E-state index is 13.2. The minimum Gasteiger partial charge on any atom is -0.371 e. The fraction of sp³-hybridized carbons (Fsp3) is 0.241. The molecule has 1 aromatic heterocycles. The molecule has 1 N–H and O–H groups in total. The molecule has 0 unspecified atom stereocenters. The minimum absolute atomic E-state index is 0.00277. The largest absolute Gasteiger partial charge is 0.371 e. The van der Waals surface area contributed by atoms with Gasteiger partial charge in [0.05, 0.1) is 31.3 Å². The zero-order chi connectivity index (χ0) is 23.3. The Morgan fingerprint density at radius 1 is 1.00 bits per heavy atom. The Labute approximate surface area is 200 Å². The van der Waals surface area contributed by atoms with E-state index in [1.165, 1.54) is 11.1 Å². The number of aryl methyl sites for hydroxylation is 1. The van der Waals surface area contributed by atoms with Gasteiger partial charge >= 0.3 is 0 Å². The van der Waals surface area contributed by atoms with Gasteiger partial charge < -0.3 is 10.1 Å². The summed E-state index contributed by atoms with van der Waals surface area (Å²) < 4.78 is 8.00. The van der Waals surface area contributed by atoms with Crippen molar-refractivity contribution in [2.24, 2.45) is 0 Å². The van der Waals surface area contributed by atoms with Gasteiger partial charge in [0.25, 0.3) is 5.91 Å². The highest BCUT2D eigenvalue weighted by Crippen LogP contribution is 2.26. The third-order valence-corrected chi connectivity index (χ3v) is 6.55. The molecule has 0 bridgehead atoms. The van der Waals surface area contributed by atoms with Gasteiger partial charge in [-0.3, -0.25) is 9.36 Å². The molecule has 5 nitrogen and oxygen atoms in total. The first-order valence-electron chi connectivity index (χ1n) is 11.8. The van der Waals surface area contributed by atoms with E-state index in [1.807, 2.05) is 41.0 Å². The summed E-state index contributed by atoms with van der Waals surface area (Å²) in [6.07, 6.45) is 6.26. The average molecular weight is 452 g/mol. The molecule has 34 heavy (non-hydrogen) atoms. The lowest BCUT2D eigenvalue weighted by Gasteiger charge is -2.22. The molecule has 5 rings (SSSR count). The van der Waals surface area contributed by atoms with Crippen LogP contribution in [0.15, 0.2) is 91.4 Å². The van der Waals surface area contributed by atoms with E-state index in [4.69, 9.17) is 4.74 Å². The predicted octanol–water partition coefficient (Wildman–Crippen LogP) is 5.72. The van der Waals surface area contributed by atoms with Gasteiger partial charge in [0.15, 0.2) is 0 Å². The summed E-state index contributed by atoms with van der Waals surface area (Å²) >= 11 is 0. The molecule has 5 heteroatoms. The summed E-state index contributed by atoms with van der Waals surface area (Å²) in [4.78, 5) is 17.4. The van der Waals surface area contributed by atoms with Crippen molar-refractivity contribution in [3.63, 3.8) is 0 Å². The number of benzene rings is 3. The number of rotatable bonds is 7. The first kappa shape index (κ1) is 22.1. The predicted molar refractivity (Wildman–Crippen MR) is 134 cm³/mol. The summed E-state index contributed by atoms with van der Waals surface area (Å²) in [7, 11) is 0. The molecule has 4 aromatic rings. The zero-order valence-electron chi connectivity index (χ0n) is 19.4. The SMILES string of the molecule is Cc1ccccc1-c1ccc(-n2cncc2C(=O)N[C@H]2CCC[C@H]2OCc2ccccc2)cc1. The topological polar surface area (TPSA) is 56.2 Å². The van der Waals surface area contributed by atoms with Gasteiger partial charge in [0, 0.05) is 5.69 Å². The number of aromatic nitrogens is 2.